The number of unbranched alkanes of at least 4 members (excludes halogenated alkanes) is 1. The second-order valence-corrected chi connectivity index (χ2v) is 3.88. The van der Waals surface area contributed by atoms with Crippen molar-refractivity contribution in [2.24, 2.45) is 0 Å². The molecule has 0 radical (unpaired) electrons. The van der Waals surface area contributed by atoms with Crippen molar-refractivity contribution in [2.45, 2.75) is 40.5 Å². The normalized spacial score (nSPS) is 10.4. The Bertz CT molecular complexity index is 289. The fourth-order valence-corrected chi connectivity index (χ4v) is 1.60. The molecule has 0 aliphatic heterocycles. The third-order valence-corrected chi connectivity index (χ3v) is 2.42. The van der Waals surface area contributed by atoms with E-state index in [1.54, 1.807) is 0 Å². The highest BCUT2D eigenvalue weighted by atomic mass is 15.2. The molecule has 0 N–H and O–H groups in total. The van der Waals surface area contributed by atoms with Gasteiger partial charge in [-0.25, -0.2) is 9.97 Å². The van der Waals surface area contributed by atoms with E-state index in [4.69, 9.17) is 0 Å². The van der Waals surface area contributed by atoms with E-state index < -0.39 is 0 Å². The molecule has 0 saturated heterocycles. The SMILES string of the molecule is CCCCN(CC)c1nc(C)cc(C)n1. The minimum atomic E-state index is 0.878. The molecule has 0 aliphatic rings. The Morgan fingerprint density at radius 3 is 2.20 bits per heavy atom. The first-order valence-corrected chi connectivity index (χ1v) is 5.74. The van der Waals surface area contributed by atoms with Crippen molar-refractivity contribution in [3.63, 3.8) is 0 Å². The predicted molar refractivity (Wildman–Crippen MR) is 64.3 cm³/mol. The molecule has 0 saturated carbocycles. The summed E-state index contributed by atoms with van der Waals surface area (Å²) in [7, 11) is 0. The second kappa shape index (κ2) is 5.69. The topological polar surface area (TPSA) is 29.0 Å². The van der Waals surface area contributed by atoms with Gasteiger partial charge in [-0.15, -0.1) is 0 Å². The summed E-state index contributed by atoms with van der Waals surface area (Å²) >= 11 is 0. The molecular weight excluding hydrogens is 186 g/mol. The Morgan fingerprint density at radius 2 is 1.73 bits per heavy atom. The summed E-state index contributed by atoms with van der Waals surface area (Å²) in [6, 6.07) is 2.01. The van der Waals surface area contributed by atoms with E-state index in [1.165, 1.54) is 12.8 Å². The van der Waals surface area contributed by atoms with Crippen LogP contribution in [0.1, 0.15) is 38.1 Å². The summed E-state index contributed by atoms with van der Waals surface area (Å²) in [5.74, 6) is 0.878. The number of hydrogen-bond donors (Lipinski definition) is 0. The zero-order valence-electron chi connectivity index (χ0n) is 10.2. The first kappa shape index (κ1) is 12.0. The molecule has 0 fully saturated rings. The first-order chi connectivity index (χ1) is 7.17. The van der Waals surface area contributed by atoms with E-state index >= 15 is 0 Å². The summed E-state index contributed by atoms with van der Waals surface area (Å²) in [5.41, 5.74) is 2.10. The van der Waals surface area contributed by atoms with Crippen molar-refractivity contribution in [3.8, 4) is 0 Å². The second-order valence-electron chi connectivity index (χ2n) is 3.88. The maximum Gasteiger partial charge on any atom is 0.225 e. The van der Waals surface area contributed by atoms with Gasteiger partial charge in [-0.05, 0) is 33.3 Å². The van der Waals surface area contributed by atoms with Crippen LogP contribution in [0.4, 0.5) is 5.95 Å². The van der Waals surface area contributed by atoms with Crippen molar-refractivity contribution >= 4 is 5.95 Å². The molecule has 0 amide bonds. The molecule has 1 aromatic heterocycles. The van der Waals surface area contributed by atoms with Crippen molar-refractivity contribution in [2.75, 3.05) is 18.0 Å². The molecule has 1 heterocycles. The highest BCUT2D eigenvalue weighted by molar-refractivity contribution is 5.31. The standard InChI is InChI=1S/C12H21N3/c1-5-7-8-15(6-2)12-13-10(3)9-11(4)14-12/h9H,5-8H2,1-4H3. The average molecular weight is 207 g/mol. The molecule has 1 aromatic rings. The predicted octanol–water partition coefficient (Wildman–Crippen LogP) is 2.72. The van der Waals surface area contributed by atoms with E-state index in [9.17, 15) is 0 Å². The van der Waals surface area contributed by atoms with Crippen LogP contribution in [0.25, 0.3) is 0 Å². The van der Waals surface area contributed by atoms with Gasteiger partial charge in [0.15, 0.2) is 0 Å². The quantitative estimate of drug-likeness (QED) is 0.743. The van der Waals surface area contributed by atoms with Gasteiger partial charge in [0.1, 0.15) is 0 Å². The van der Waals surface area contributed by atoms with E-state index in [1.807, 2.05) is 19.9 Å². The molecule has 15 heavy (non-hydrogen) atoms. The van der Waals surface area contributed by atoms with Crippen LogP contribution in [0.2, 0.25) is 0 Å². The fourth-order valence-electron chi connectivity index (χ4n) is 1.60. The Kier molecular flexibility index (Phi) is 4.53. The van der Waals surface area contributed by atoms with Crippen LogP contribution in [-0.4, -0.2) is 23.1 Å². The van der Waals surface area contributed by atoms with Crippen molar-refractivity contribution in [1.82, 2.24) is 9.97 Å². The monoisotopic (exact) mass is 207 g/mol. The van der Waals surface area contributed by atoms with E-state index in [0.29, 0.717) is 0 Å². The molecule has 0 aromatic carbocycles. The summed E-state index contributed by atoms with van der Waals surface area (Å²) in [4.78, 5) is 11.2. The number of nitrogens with zero attached hydrogens (tertiary/aromatic N) is 3. The average Bonchev–Trinajstić information content (AvgIpc) is 2.17. The zero-order chi connectivity index (χ0) is 11.3. The Labute approximate surface area is 92.6 Å². The molecule has 0 spiro atoms. The van der Waals surface area contributed by atoms with Gasteiger partial charge in [-0.1, -0.05) is 13.3 Å². The molecular formula is C12H21N3. The molecule has 0 aliphatic carbocycles. The molecule has 3 heteroatoms. The lowest BCUT2D eigenvalue weighted by atomic mass is 10.3. The van der Waals surface area contributed by atoms with Crippen LogP contribution in [0, 0.1) is 13.8 Å². The van der Waals surface area contributed by atoms with Crippen LogP contribution >= 0.6 is 0 Å². The number of anilines is 1. The minimum absolute atomic E-state index is 0.878. The lowest BCUT2D eigenvalue weighted by molar-refractivity contribution is 0.710. The van der Waals surface area contributed by atoms with Gasteiger partial charge in [-0.3, -0.25) is 0 Å². The summed E-state index contributed by atoms with van der Waals surface area (Å²) in [6.45, 7) is 10.4. The largest absolute Gasteiger partial charge is 0.341 e. The molecule has 1 rings (SSSR count). The molecule has 84 valence electrons. The Morgan fingerprint density at radius 1 is 1.13 bits per heavy atom. The zero-order valence-corrected chi connectivity index (χ0v) is 10.2. The number of aromatic nitrogens is 2. The minimum Gasteiger partial charge on any atom is -0.341 e. The smallest absolute Gasteiger partial charge is 0.225 e. The van der Waals surface area contributed by atoms with Crippen molar-refractivity contribution < 1.29 is 0 Å². The number of hydrogen-bond acceptors (Lipinski definition) is 3. The Hall–Kier alpha value is -1.12. The first-order valence-electron chi connectivity index (χ1n) is 5.74. The van der Waals surface area contributed by atoms with Crippen molar-refractivity contribution in [1.29, 1.82) is 0 Å². The molecule has 0 bridgehead atoms. The lowest BCUT2D eigenvalue weighted by Gasteiger charge is -2.20. The van der Waals surface area contributed by atoms with Gasteiger partial charge < -0.3 is 4.90 Å². The van der Waals surface area contributed by atoms with Crippen LogP contribution in [0.5, 0.6) is 0 Å². The van der Waals surface area contributed by atoms with Gasteiger partial charge in [0.2, 0.25) is 5.95 Å². The van der Waals surface area contributed by atoms with Gasteiger partial charge in [-0.2, -0.15) is 0 Å². The van der Waals surface area contributed by atoms with Crippen LogP contribution in [-0.2, 0) is 0 Å². The highest BCUT2D eigenvalue weighted by Crippen LogP contribution is 2.10. The summed E-state index contributed by atoms with van der Waals surface area (Å²) < 4.78 is 0. The highest BCUT2D eigenvalue weighted by Gasteiger charge is 2.07. The van der Waals surface area contributed by atoms with E-state index in [0.717, 1.165) is 30.4 Å². The van der Waals surface area contributed by atoms with Crippen LogP contribution in [0.15, 0.2) is 6.07 Å². The van der Waals surface area contributed by atoms with Gasteiger partial charge in [0, 0.05) is 24.5 Å². The van der Waals surface area contributed by atoms with Gasteiger partial charge in [0.05, 0.1) is 0 Å². The number of rotatable bonds is 5. The van der Waals surface area contributed by atoms with E-state index in [-0.39, 0.29) is 0 Å². The Balaban J connectivity index is 2.81. The molecule has 0 unspecified atom stereocenters. The molecule has 0 atom stereocenters. The maximum atomic E-state index is 4.47. The fraction of sp³-hybridized carbons (Fsp3) is 0.667. The third-order valence-electron chi connectivity index (χ3n) is 2.42. The summed E-state index contributed by atoms with van der Waals surface area (Å²) in [6.07, 6.45) is 2.41. The van der Waals surface area contributed by atoms with Crippen molar-refractivity contribution in [3.05, 3.63) is 17.5 Å². The van der Waals surface area contributed by atoms with Crippen LogP contribution < -0.4 is 4.90 Å². The molecule has 3 nitrogen and oxygen atoms in total. The summed E-state index contributed by atoms with van der Waals surface area (Å²) in [5, 5.41) is 0. The van der Waals surface area contributed by atoms with E-state index in [2.05, 4.69) is 28.7 Å². The maximum absolute atomic E-state index is 4.47. The lowest BCUT2D eigenvalue weighted by Crippen LogP contribution is -2.26. The van der Waals surface area contributed by atoms with Crippen LogP contribution in [0.3, 0.4) is 0 Å². The van der Waals surface area contributed by atoms with Gasteiger partial charge >= 0.3 is 0 Å². The van der Waals surface area contributed by atoms with Gasteiger partial charge in [0.25, 0.3) is 0 Å². The number of aryl methyl sites for hydroxylation is 2. The third kappa shape index (κ3) is 3.50.